The molecule has 0 saturated heterocycles. The van der Waals surface area contributed by atoms with Gasteiger partial charge in [0.15, 0.2) is 0 Å². The lowest BCUT2D eigenvalue weighted by molar-refractivity contribution is 0.0980. The van der Waals surface area contributed by atoms with Crippen molar-refractivity contribution in [2.75, 3.05) is 26.4 Å². The van der Waals surface area contributed by atoms with Crippen molar-refractivity contribution in [2.24, 2.45) is 0 Å². The fourth-order valence-electron chi connectivity index (χ4n) is 3.59. The summed E-state index contributed by atoms with van der Waals surface area (Å²) < 4.78 is 11.4. The first-order valence-electron chi connectivity index (χ1n) is 11.5. The standard InChI is InChI=1S/C28H35NO2/c1-2-3-19-30-20-21-31-27-16-10-13-25(22-27)17-18-29-28(26-14-8-5-9-15-26)23-24-11-6-4-7-12-24/h4-16,22,28-29H,2-3,17-21,23H2,1H3. The Kier molecular flexibility index (Phi) is 10.1. The zero-order valence-corrected chi connectivity index (χ0v) is 18.6. The average molecular weight is 418 g/mol. The molecule has 0 bridgehead atoms. The maximum absolute atomic E-state index is 5.86. The number of benzene rings is 3. The van der Waals surface area contributed by atoms with Gasteiger partial charge in [-0.3, -0.25) is 0 Å². The number of hydrogen-bond donors (Lipinski definition) is 1. The first-order chi connectivity index (χ1) is 15.3. The van der Waals surface area contributed by atoms with Crippen LogP contribution in [0.1, 0.15) is 42.5 Å². The van der Waals surface area contributed by atoms with E-state index in [4.69, 9.17) is 9.47 Å². The van der Waals surface area contributed by atoms with E-state index in [1.165, 1.54) is 16.7 Å². The zero-order valence-electron chi connectivity index (χ0n) is 18.6. The van der Waals surface area contributed by atoms with Crippen molar-refractivity contribution in [1.29, 1.82) is 0 Å². The van der Waals surface area contributed by atoms with Crippen LogP contribution >= 0.6 is 0 Å². The molecule has 3 heteroatoms. The third kappa shape index (κ3) is 8.56. The smallest absolute Gasteiger partial charge is 0.119 e. The molecule has 0 aliphatic rings. The van der Waals surface area contributed by atoms with Crippen molar-refractivity contribution in [2.45, 2.75) is 38.6 Å². The molecular formula is C28H35NO2. The molecule has 0 radical (unpaired) electrons. The number of nitrogens with one attached hydrogen (secondary N) is 1. The molecule has 0 aliphatic heterocycles. The monoisotopic (exact) mass is 417 g/mol. The third-order valence-electron chi connectivity index (χ3n) is 5.33. The molecule has 0 heterocycles. The van der Waals surface area contributed by atoms with Crippen LogP contribution in [0.15, 0.2) is 84.9 Å². The summed E-state index contributed by atoms with van der Waals surface area (Å²) in [5.74, 6) is 0.917. The van der Waals surface area contributed by atoms with Crippen LogP contribution in [-0.2, 0) is 17.6 Å². The number of ether oxygens (including phenoxy) is 2. The summed E-state index contributed by atoms with van der Waals surface area (Å²) in [6.07, 6.45) is 4.21. The van der Waals surface area contributed by atoms with Crippen LogP contribution in [0, 0.1) is 0 Å². The van der Waals surface area contributed by atoms with E-state index in [0.717, 1.165) is 44.6 Å². The van der Waals surface area contributed by atoms with Gasteiger partial charge < -0.3 is 14.8 Å². The van der Waals surface area contributed by atoms with Crippen molar-refractivity contribution in [3.8, 4) is 5.75 Å². The van der Waals surface area contributed by atoms with Crippen molar-refractivity contribution in [3.63, 3.8) is 0 Å². The quantitative estimate of drug-likeness (QED) is 0.326. The Hall–Kier alpha value is -2.62. The van der Waals surface area contributed by atoms with Crippen LogP contribution in [0.5, 0.6) is 5.75 Å². The third-order valence-corrected chi connectivity index (χ3v) is 5.33. The van der Waals surface area contributed by atoms with Crippen LogP contribution < -0.4 is 10.1 Å². The summed E-state index contributed by atoms with van der Waals surface area (Å²) in [6, 6.07) is 30.1. The topological polar surface area (TPSA) is 30.5 Å². The van der Waals surface area contributed by atoms with Crippen LogP contribution in [0.25, 0.3) is 0 Å². The summed E-state index contributed by atoms with van der Waals surface area (Å²) in [4.78, 5) is 0. The summed E-state index contributed by atoms with van der Waals surface area (Å²) in [7, 11) is 0. The predicted octanol–water partition coefficient (Wildman–Crippen LogP) is 6.00. The molecule has 31 heavy (non-hydrogen) atoms. The molecule has 0 aliphatic carbocycles. The van der Waals surface area contributed by atoms with Gasteiger partial charge in [0.1, 0.15) is 12.4 Å². The number of hydrogen-bond acceptors (Lipinski definition) is 3. The maximum Gasteiger partial charge on any atom is 0.119 e. The van der Waals surface area contributed by atoms with Crippen LogP contribution in [0.2, 0.25) is 0 Å². The summed E-state index contributed by atoms with van der Waals surface area (Å²) >= 11 is 0. The van der Waals surface area contributed by atoms with E-state index in [0.29, 0.717) is 19.3 Å². The van der Waals surface area contributed by atoms with E-state index in [-0.39, 0.29) is 0 Å². The molecule has 0 aromatic heterocycles. The first-order valence-corrected chi connectivity index (χ1v) is 11.5. The normalized spacial score (nSPS) is 11.9. The van der Waals surface area contributed by atoms with Gasteiger partial charge in [0.05, 0.1) is 6.61 Å². The summed E-state index contributed by atoms with van der Waals surface area (Å²) in [5, 5.41) is 3.76. The van der Waals surface area contributed by atoms with Gasteiger partial charge in [-0.1, -0.05) is 86.1 Å². The molecule has 0 spiro atoms. The molecule has 3 aromatic rings. The van der Waals surface area contributed by atoms with Crippen molar-refractivity contribution in [1.82, 2.24) is 5.32 Å². The van der Waals surface area contributed by atoms with Gasteiger partial charge in [-0.15, -0.1) is 0 Å². The second-order valence-electron chi connectivity index (χ2n) is 7.82. The van der Waals surface area contributed by atoms with E-state index >= 15 is 0 Å². The van der Waals surface area contributed by atoms with Gasteiger partial charge in [-0.05, 0) is 54.6 Å². The predicted molar refractivity (Wildman–Crippen MR) is 129 cm³/mol. The Morgan fingerprint density at radius 3 is 2.29 bits per heavy atom. The number of unbranched alkanes of at least 4 members (excludes halogenated alkanes) is 1. The molecule has 0 saturated carbocycles. The molecule has 1 atom stereocenters. The highest BCUT2D eigenvalue weighted by molar-refractivity contribution is 5.29. The second-order valence-corrected chi connectivity index (χ2v) is 7.82. The average Bonchev–Trinajstić information content (AvgIpc) is 2.82. The lowest BCUT2D eigenvalue weighted by Gasteiger charge is -2.20. The van der Waals surface area contributed by atoms with Crippen molar-refractivity contribution in [3.05, 3.63) is 102 Å². The Morgan fingerprint density at radius 1 is 0.774 bits per heavy atom. The molecule has 0 fully saturated rings. The maximum atomic E-state index is 5.86. The van der Waals surface area contributed by atoms with E-state index in [1.807, 2.05) is 6.07 Å². The van der Waals surface area contributed by atoms with Gasteiger partial charge in [0, 0.05) is 12.6 Å². The highest BCUT2D eigenvalue weighted by Crippen LogP contribution is 2.19. The van der Waals surface area contributed by atoms with E-state index in [2.05, 4.69) is 91.1 Å². The molecule has 3 aromatic carbocycles. The van der Waals surface area contributed by atoms with E-state index < -0.39 is 0 Å². The summed E-state index contributed by atoms with van der Waals surface area (Å²) in [6.45, 7) is 5.14. The Balaban J connectivity index is 1.49. The number of rotatable bonds is 14. The molecule has 1 N–H and O–H groups in total. The van der Waals surface area contributed by atoms with Gasteiger partial charge >= 0.3 is 0 Å². The van der Waals surface area contributed by atoms with Crippen LogP contribution in [-0.4, -0.2) is 26.4 Å². The Morgan fingerprint density at radius 2 is 1.52 bits per heavy atom. The van der Waals surface area contributed by atoms with Crippen molar-refractivity contribution >= 4 is 0 Å². The highest BCUT2D eigenvalue weighted by atomic mass is 16.5. The largest absolute Gasteiger partial charge is 0.491 e. The lowest BCUT2D eigenvalue weighted by atomic mass is 9.98. The Bertz CT molecular complexity index is 851. The molecule has 164 valence electrons. The SMILES string of the molecule is CCCCOCCOc1cccc(CCNC(Cc2ccccc2)c2ccccc2)c1. The van der Waals surface area contributed by atoms with Gasteiger partial charge in [0.2, 0.25) is 0 Å². The second kappa shape index (κ2) is 13.6. The molecule has 1 unspecified atom stereocenters. The minimum atomic E-state index is 0.295. The van der Waals surface area contributed by atoms with E-state index in [9.17, 15) is 0 Å². The minimum absolute atomic E-state index is 0.295. The van der Waals surface area contributed by atoms with Crippen LogP contribution in [0.3, 0.4) is 0 Å². The summed E-state index contributed by atoms with van der Waals surface area (Å²) in [5.41, 5.74) is 3.95. The zero-order chi connectivity index (χ0) is 21.6. The first kappa shape index (κ1) is 23.1. The van der Waals surface area contributed by atoms with Gasteiger partial charge in [-0.25, -0.2) is 0 Å². The minimum Gasteiger partial charge on any atom is -0.491 e. The van der Waals surface area contributed by atoms with Crippen molar-refractivity contribution < 1.29 is 9.47 Å². The molecule has 0 amide bonds. The fourth-order valence-corrected chi connectivity index (χ4v) is 3.59. The fraction of sp³-hybridized carbons (Fsp3) is 0.357. The van der Waals surface area contributed by atoms with Crippen LogP contribution in [0.4, 0.5) is 0 Å². The highest BCUT2D eigenvalue weighted by Gasteiger charge is 2.11. The molecule has 3 rings (SSSR count). The molecule has 3 nitrogen and oxygen atoms in total. The van der Waals surface area contributed by atoms with E-state index in [1.54, 1.807) is 0 Å². The van der Waals surface area contributed by atoms with Gasteiger partial charge in [0.25, 0.3) is 0 Å². The lowest BCUT2D eigenvalue weighted by Crippen LogP contribution is -2.25. The molecular weight excluding hydrogens is 382 g/mol. The Labute approximate surface area is 187 Å². The van der Waals surface area contributed by atoms with Gasteiger partial charge in [-0.2, -0.15) is 0 Å².